The van der Waals surface area contributed by atoms with Gasteiger partial charge in [-0.3, -0.25) is 4.79 Å². The predicted octanol–water partition coefficient (Wildman–Crippen LogP) is 2.79. The third kappa shape index (κ3) is 2.81. The van der Waals surface area contributed by atoms with Crippen molar-refractivity contribution < 1.29 is 9.18 Å². The molecule has 0 radical (unpaired) electrons. The maximum atomic E-state index is 13.7. The van der Waals surface area contributed by atoms with Crippen LogP contribution in [-0.4, -0.2) is 18.5 Å². The van der Waals surface area contributed by atoms with Gasteiger partial charge in [-0.25, -0.2) is 4.39 Å². The van der Waals surface area contributed by atoms with Crippen LogP contribution < -0.4 is 10.6 Å². The van der Waals surface area contributed by atoms with Gasteiger partial charge in [0.25, 0.3) is 5.91 Å². The van der Waals surface area contributed by atoms with Crippen molar-refractivity contribution in [1.29, 1.82) is 0 Å². The first-order chi connectivity index (χ1) is 8.63. The zero-order chi connectivity index (χ0) is 13.1. The normalized spacial score (nSPS) is 21.5. The van der Waals surface area contributed by atoms with Gasteiger partial charge in [-0.2, -0.15) is 0 Å². The number of amides is 1. The number of carbonyl (C=O) groups is 1. The molecule has 1 saturated carbocycles. The molecule has 2 rings (SSSR count). The molecule has 1 aromatic carbocycles. The van der Waals surface area contributed by atoms with Crippen molar-refractivity contribution in [2.45, 2.75) is 32.7 Å². The van der Waals surface area contributed by atoms with Gasteiger partial charge in [0, 0.05) is 12.6 Å². The highest BCUT2D eigenvalue weighted by molar-refractivity contribution is 6.00. The molecule has 3 nitrogen and oxygen atoms in total. The minimum atomic E-state index is -0.375. The van der Waals surface area contributed by atoms with Crippen molar-refractivity contribution in [3.63, 3.8) is 0 Å². The summed E-state index contributed by atoms with van der Waals surface area (Å²) in [4.78, 5) is 12.1. The molecule has 1 aliphatic carbocycles. The van der Waals surface area contributed by atoms with E-state index >= 15 is 0 Å². The van der Waals surface area contributed by atoms with Crippen molar-refractivity contribution >= 4 is 11.6 Å². The van der Waals surface area contributed by atoms with E-state index in [1.165, 1.54) is 6.07 Å². The lowest BCUT2D eigenvalue weighted by Gasteiger charge is -2.12. The van der Waals surface area contributed by atoms with Crippen molar-refractivity contribution in [2.75, 3.05) is 11.9 Å². The largest absolute Gasteiger partial charge is 0.382 e. The summed E-state index contributed by atoms with van der Waals surface area (Å²) in [6.07, 6.45) is 1.90. The van der Waals surface area contributed by atoms with Crippen molar-refractivity contribution in [1.82, 2.24) is 5.32 Å². The Hall–Kier alpha value is -1.58. The average molecular weight is 250 g/mol. The monoisotopic (exact) mass is 250 g/mol. The Morgan fingerprint density at radius 2 is 2.22 bits per heavy atom. The number of benzene rings is 1. The summed E-state index contributed by atoms with van der Waals surface area (Å²) in [6.45, 7) is 4.74. The van der Waals surface area contributed by atoms with Gasteiger partial charge in [0.2, 0.25) is 0 Å². The number of halogens is 1. The highest BCUT2D eigenvalue weighted by atomic mass is 19.1. The lowest BCUT2D eigenvalue weighted by atomic mass is 10.1. The number of nitrogens with one attached hydrogen (secondary N) is 2. The van der Waals surface area contributed by atoms with Crippen molar-refractivity contribution in [3.8, 4) is 0 Å². The summed E-state index contributed by atoms with van der Waals surface area (Å²) in [5, 5.41) is 5.90. The van der Waals surface area contributed by atoms with E-state index in [2.05, 4.69) is 17.6 Å². The molecule has 0 aromatic heterocycles. The Morgan fingerprint density at radius 1 is 1.50 bits per heavy atom. The summed E-state index contributed by atoms with van der Waals surface area (Å²) in [7, 11) is 0. The van der Waals surface area contributed by atoms with E-state index in [9.17, 15) is 9.18 Å². The van der Waals surface area contributed by atoms with Gasteiger partial charge >= 0.3 is 0 Å². The Labute approximate surface area is 107 Å². The third-order valence-electron chi connectivity index (χ3n) is 3.24. The molecular weight excluding hydrogens is 231 g/mol. The smallest absolute Gasteiger partial charge is 0.253 e. The van der Waals surface area contributed by atoms with Crippen LogP contribution in [0.3, 0.4) is 0 Å². The lowest BCUT2D eigenvalue weighted by Crippen LogP contribution is -2.27. The first-order valence-corrected chi connectivity index (χ1v) is 6.46. The van der Waals surface area contributed by atoms with Crippen LogP contribution in [0.1, 0.15) is 37.0 Å². The first-order valence-electron chi connectivity index (χ1n) is 6.46. The SMILES string of the molecule is CCCNc1c(F)cccc1C(=O)NC1CC1C. The van der Waals surface area contributed by atoms with Crippen LogP contribution in [0.2, 0.25) is 0 Å². The van der Waals surface area contributed by atoms with Gasteiger partial charge in [0.15, 0.2) is 0 Å². The summed E-state index contributed by atoms with van der Waals surface area (Å²) in [6, 6.07) is 4.84. The van der Waals surface area contributed by atoms with E-state index < -0.39 is 0 Å². The van der Waals surface area contributed by atoms with Crippen LogP contribution in [0.5, 0.6) is 0 Å². The number of carbonyl (C=O) groups excluding carboxylic acids is 1. The quantitative estimate of drug-likeness (QED) is 0.843. The Balaban J connectivity index is 2.14. The lowest BCUT2D eigenvalue weighted by molar-refractivity contribution is 0.0949. The number of hydrogen-bond acceptors (Lipinski definition) is 2. The topological polar surface area (TPSA) is 41.1 Å². The van der Waals surface area contributed by atoms with Crippen LogP contribution in [0.25, 0.3) is 0 Å². The van der Waals surface area contributed by atoms with Gasteiger partial charge in [-0.15, -0.1) is 0 Å². The van der Waals surface area contributed by atoms with Crippen molar-refractivity contribution in [3.05, 3.63) is 29.6 Å². The van der Waals surface area contributed by atoms with E-state index in [4.69, 9.17) is 0 Å². The summed E-state index contributed by atoms with van der Waals surface area (Å²) in [5.41, 5.74) is 0.702. The molecule has 2 unspecified atom stereocenters. The average Bonchev–Trinajstić information content (AvgIpc) is 3.03. The highest BCUT2D eigenvalue weighted by Crippen LogP contribution is 2.30. The highest BCUT2D eigenvalue weighted by Gasteiger charge is 2.34. The summed E-state index contributed by atoms with van der Waals surface area (Å²) in [5.74, 6) is -0.0306. The van der Waals surface area contributed by atoms with Gasteiger partial charge in [-0.1, -0.05) is 19.9 Å². The Bertz CT molecular complexity index is 447. The standard InChI is InChI=1S/C14H19FN2O/c1-3-7-16-13-10(5-4-6-11(13)15)14(18)17-12-8-9(12)2/h4-6,9,12,16H,3,7-8H2,1-2H3,(H,17,18). The molecule has 98 valence electrons. The van der Waals surface area contributed by atoms with E-state index in [1.807, 2.05) is 6.92 Å². The molecule has 0 heterocycles. The minimum Gasteiger partial charge on any atom is -0.382 e. The van der Waals surface area contributed by atoms with Crippen LogP contribution in [0.4, 0.5) is 10.1 Å². The van der Waals surface area contributed by atoms with Crippen LogP contribution >= 0.6 is 0 Å². The van der Waals surface area contributed by atoms with E-state index in [-0.39, 0.29) is 17.8 Å². The second-order valence-electron chi connectivity index (χ2n) is 4.88. The zero-order valence-electron chi connectivity index (χ0n) is 10.8. The fraction of sp³-hybridized carbons (Fsp3) is 0.500. The second-order valence-corrected chi connectivity index (χ2v) is 4.88. The molecule has 0 aliphatic heterocycles. The van der Waals surface area contributed by atoms with E-state index in [1.54, 1.807) is 12.1 Å². The molecule has 1 fully saturated rings. The fourth-order valence-electron chi connectivity index (χ4n) is 1.91. The molecule has 1 amide bonds. The molecule has 2 atom stereocenters. The van der Waals surface area contributed by atoms with Gasteiger partial charge in [0.1, 0.15) is 5.82 Å². The molecular formula is C14H19FN2O. The molecule has 1 aromatic rings. The predicted molar refractivity (Wildman–Crippen MR) is 70.2 cm³/mol. The maximum Gasteiger partial charge on any atom is 0.253 e. The Morgan fingerprint density at radius 3 is 2.83 bits per heavy atom. The third-order valence-corrected chi connectivity index (χ3v) is 3.24. The van der Waals surface area contributed by atoms with Crippen LogP contribution in [0.15, 0.2) is 18.2 Å². The minimum absolute atomic E-state index is 0.192. The summed E-state index contributed by atoms with van der Waals surface area (Å²) >= 11 is 0. The van der Waals surface area contributed by atoms with Crippen LogP contribution in [-0.2, 0) is 0 Å². The molecule has 18 heavy (non-hydrogen) atoms. The molecule has 2 N–H and O–H groups in total. The van der Waals surface area contributed by atoms with Crippen LogP contribution in [0, 0.1) is 11.7 Å². The Kier molecular flexibility index (Phi) is 3.84. The van der Waals surface area contributed by atoms with E-state index in [0.717, 1.165) is 12.8 Å². The second kappa shape index (κ2) is 5.38. The molecule has 4 heteroatoms. The van der Waals surface area contributed by atoms with Crippen molar-refractivity contribution in [2.24, 2.45) is 5.92 Å². The number of rotatable bonds is 5. The number of anilines is 1. The van der Waals surface area contributed by atoms with Gasteiger partial charge < -0.3 is 10.6 Å². The molecule has 0 bridgehead atoms. The first kappa shape index (κ1) is 12.9. The van der Waals surface area contributed by atoms with Gasteiger partial charge in [-0.05, 0) is 30.9 Å². The number of para-hydroxylation sites is 1. The summed E-state index contributed by atoms with van der Waals surface area (Å²) < 4.78 is 13.7. The maximum absolute atomic E-state index is 13.7. The molecule has 0 spiro atoms. The molecule has 0 saturated heterocycles. The fourth-order valence-corrected chi connectivity index (χ4v) is 1.91. The zero-order valence-corrected chi connectivity index (χ0v) is 10.8. The van der Waals surface area contributed by atoms with E-state index in [0.29, 0.717) is 23.7 Å². The van der Waals surface area contributed by atoms with Gasteiger partial charge in [0.05, 0.1) is 11.3 Å². The molecule has 1 aliphatic rings. The number of hydrogen-bond donors (Lipinski definition) is 2.